The second-order valence-corrected chi connectivity index (χ2v) is 10.3. The van der Waals surface area contributed by atoms with Crippen molar-refractivity contribution in [2.75, 3.05) is 18.1 Å². The molecule has 5 rings (SSSR count). The second-order valence-electron chi connectivity index (χ2n) is 9.40. The Balaban J connectivity index is 1.68. The zero-order chi connectivity index (χ0) is 26.1. The Morgan fingerprint density at radius 3 is 2.49 bits per heavy atom. The van der Waals surface area contributed by atoms with Gasteiger partial charge in [-0.3, -0.25) is 14.5 Å². The SMILES string of the molecule is CCOc1cc(C2c3c(oc4ccc(Br)cc4c3=O)C(=O)N2c2ccccc2)ccc1OCCC(C)C. The topological polar surface area (TPSA) is 69.0 Å². The molecule has 0 saturated heterocycles. The van der Waals surface area contributed by atoms with E-state index in [4.69, 9.17) is 13.9 Å². The number of amides is 1. The van der Waals surface area contributed by atoms with Crippen LogP contribution in [0.15, 0.2) is 80.4 Å². The Hall–Kier alpha value is -3.58. The van der Waals surface area contributed by atoms with Crippen molar-refractivity contribution in [1.29, 1.82) is 0 Å². The quantitative estimate of drug-likeness (QED) is 0.229. The van der Waals surface area contributed by atoms with Gasteiger partial charge in [-0.2, -0.15) is 0 Å². The lowest BCUT2D eigenvalue weighted by Gasteiger charge is -2.26. The fraction of sp³-hybridized carbons (Fsp3) is 0.267. The summed E-state index contributed by atoms with van der Waals surface area (Å²) >= 11 is 3.44. The molecule has 0 aliphatic carbocycles. The van der Waals surface area contributed by atoms with Crippen molar-refractivity contribution in [3.8, 4) is 11.5 Å². The first-order valence-corrected chi connectivity index (χ1v) is 13.2. The van der Waals surface area contributed by atoms with Gasteiger partial charge in [0.1, 0.15) is 5.58 Å². The van der Waals surface area contributed by atoms with Crippen LogP contribution in [0.25, 0.3) is 11.0 Å². The average molecular weight is 562 g/mol. The van der Waals surface area contributed by atoms with Crippen LogP contribution in [0, 0.1) is 5.92 Å². The minimum atomic E-state index is -0.687. The van der Waals surface area contributed by atoms with Gasteiger partial charge >= 0.3 is 0 Å². The number of carbonyl (C=O) groups excluding carboxylic acids is 1. The number of para-hydroxylation sites is 1. The van der Waals surface area contributed by atoms with Crippen molar-refractivity contribution in [2.24, 2.45) is 5.92 Å². The van der Waals surface area contributed by atoms with Gasteiger partial charge in [-0.05, 0) is 67.3 Å². The van der Waals surface area contributed by atoms with Gasteiger partial charge in [-0.25, -0.2) is 0 Å². The summed E-state index contributed by atoms with van der Waals surface area (Å²) in [5.41, 5.74) is 1.86. The molecule has 2 heterocycles. The predicted molar refractivity (Wildman–Crippen MR) is 148 cm³/mol. The normalized spacial score (nSPS) is 14.9. The van der Waals surface area contributed by atoms with Gasteiger partial charge < -0.3 is 13.9 Å². The van der Waals surface area contributed by atoms with Crippen molar-refractivity contribution in [3.05, 3.63) is 98.3 Å². The molecule has 0 radical (unpaired) electrons. The lowest BCUT2D eigenvalue weighted by molar-refractivity contribution is 0.0971. The van der Waals surface area contributed by atoms with Crippen molar-refractivity contribution < 1.29 is 18.7 Å². The van der Waals surface area contributed by atoms with Crippen LogP contribution in [0.1, 0.15) is 54.9 Å². The first-order valence-electron chi connectivity index (χ1n) is 12.4. The molecular weight excluding hydrogens is 534 g/mol. The smallest absolute Gasteiger partial charge is 0.295 e. The van der Waals surface area contributed by atoms with E-state index in [1.165, 1.54) is 0 Å². The summed E-state index contributed by atoms with van der Waals surface area (Å²) in [6.45, 7) is 7.23. The number of fused-ring (bicyclic) bond motifs is 2. The first-order chi connectivity index (χ1) is 17.9. The van der Waals surface area contributed by atoms with Crippen LogP contribution in [0.4, 0.5) is 5.69 Å². The number of hydrogen-bond acceptors (Lipinski definition) is 5. The van der Waals surface area contributed by atoms with Gasteiger partial charge in [0.2, 0.25) is 5.76 Å². The molecule has 1 aromatic heterocycles. The number of ether oxygens (including phenoxy) is 2. The zero-order valence-corrected chi connectivity index (χ0v) is 22.6. The molecule has 3 aromatic carbocycles. The number of benzene rings is 3. The average Bonchev–Trinajstić information content (AvgIpc) is 3.18. The molecule has 1 amide bonds. The molecule has 0 spiro atoms. The highest BCUT2D eigenvalue weighted by Gasteiger charge is 2.44. The van der Waals surface area contributed by atoms with Crippen LogP contribution in [0.2, 0.25) is 0 Å². The summed E-state index contributed by atoms with van der Waals surface area (Å²) in [5, 5.41) is 0.416. The van der Waals surface area contributed by atoms with E-state index in [0.717, 1.165) is 16.5 Å². The van der Waals surface area contributed by atoms with Gasteiger partial charge in [-0.15, -0.1) is 0 Å². The van der Waals surface area contributed by atoms with Crippen LogP contribution in [-0.4, -0.2) is 19.1 Å². The van der Waals surface area contributed by atoms with E-state index in [1.54, 1.807) is 23.1 Å². The summed E-state index contributed by atoms with van der Waals surface area (Å²) in [6.07, 6.45) is 0.920. The Morgan fingerprint density at radius 1 is 0.973 bits per heavy atom. The second kappa shape index (κ2) is 10.4. The zero-order valence-electron chi connectivity index (χ0n) is 21.0. The lowest BCUT2D eigenvalue weighted by atomic mass is 9.97. The third-order valence-corrected chi connectivity index (χ3v) is 6.90. The standard InChI is InChI=1S/C30H28BrNO5/c1-4-35-25-16-19(10-12-24(25)36-15-14-18(2)3)27-26-28(33)22-17-20(31)11-13-23(22)37-29(26)30(34)32(27)21-8-6-5-7-9-21/h5-13,16-18,27H,4,14-15H2,1-3H3. The Labute approximate surface area is 223 Å². The molecule has 37 heavy (non-hydrogen) atoms. The van der Waals surface area contributed by atoms with E-state index in [0.29, 0.717) is 52.9 Å². The largest absolute Gasteiger partial charge is 0.490 e. The molecule has 0 saturated carbocycles. The van der Waals surface area contributed by atoms with Crippen molar-refractivity contribution in [1.82, 2.24) is 0 Å². The fourth-order valence-corrected chi connectivity index (χ4v) is 4.96. The molecule has 1 unspecified atom stereocenters. The third kappa shape index (κ3) is 4.76. The van der Waals surface area contributed by atoms with Crippen LogP contribution in [-0.2, 0) is 0 Å². The molecule has 0 bridgehead atoms. The highest BCUT2D eigenvalue weighted by Crippen LogP contribution is 2.43. The molecule has 4 aromatic rings. The van der Waals surface area contributed by atoms with Gasteiger partial charge in [0.25, 0.3) is 5.91 Å². The minimum absolute atomic E-state index is 0.0592. The fourth-order valence-electron chi connectivity index (χ4n) is 4.60. The lowest BCUT2D eigenvalue weighted by Crippen LogP contribution is -2.29. The molecule has 190 valence electrons. The monoisotopic (exact) mass is 561 g/mol. The molecule has 6 nitrogen and oxygen atoms in total. The summed E-state index contributed by atoms with van der Waals surface area (Å²) in [4.78, 5) is 29.2. The van der Waals surface area contributed by atoms with E-state index in [9.17, 15) is 9.59 Å². The highest BCUT2D eigenvalue weighted by molar-refractivity contribution is 9.10. The van der Waals surface area contributed by atoms with E-state index >= 15 is 0 Å². The van der Waals surface area contributed by atoms with Crippen molar-refractivity contribution in [3.63, 3.8) is 0 Å². The molecular formula is C30H28BrNO5. The van der Waals surface area contributed by atoms with Crippen LogP contribution >= 0.6 is 15.9 Å². The molecule has 0 N–H and O–H groups in total. The predicted octanol–water partition coefficient (Wildman–Crippen LogP) is 7.13. The summed E-state index contributed by atoms with van der Waals surface area (Å²) in [6, 6.07) is 19.5. The van der Waals surface area contributed by atoms with E-state index in [1.807, 2.05) is 55.5 Å². The molecule has 7 heteroatoms. The summed E-state index contributed by atoms with van der Waals surface area (Å²) < 4.78 is 18.8. The van der Waals surface area contributed by atoms with Crippen molar-refractivity contribution >= 4 is 38.5 Å². The van der Waals surface area contributed by atoms with E-state index in [-0.39, 0.29) is 17.1 Å². The molecule has 1 aliphatic heterocycles. The van der Waals surface area contributed by atoms with Crippen LogP contribution in [0.3, 0.4) is 0 Å². The number of halogens is 1. The van der Waals surface area contributed by atoms with Crippen LogP contribution < -0.4 is 19.8 Å². The Morgan fingerprint density at radius 2 is 1.76 bits per heavy atom. The van der Waals surface area contributed by atoms with Gasteiger partial charge in [0, 0.05) is 10.2 Å². The number of anilines is 1. The third-order valence-electron chi connectivity index (χ3n) is 6.40. The summed E-state index contributed by atoms with van der Waals surface area (Å²) in [7, 11) is 0. The maximum Gasteiger partial charge on any atom is 0.295 e. The molecule has 0 fully saturated rings. The number of nitrogens with zero attached hydrogens (tertiary/aromatic N) is 1. The number of hydrogen-bond donors (Lipinski definition) is 0. The number of rotatable bonds is 8. The molecule has 1 aliphatic rings. The van der Waals surface area contributed by atoms with E-state index in [2.05, 4.69) is 29.8 Å². The maximum absolute atomic E-state index is 13.8. The van der Waals surface area contributed by atoms with Gasteiger partial charge in [0.05, 0.1) is 30.2 Å². The Bertz CT molecular complexity index is 1510. The number of carbonyl (C=O) groups is 1. The Kier molecular flexibility index (Phi) is 7.07. The van der Waals surface area contributed by atoms with E-state index < -0.39 is 6.04 Å². The molecule has 1 atom stereocenters. The van der Waals surface area contributed by atoms with Gasteiger partial charge in [0.15, 0.2) is 16.9 Å². The van der Waals surface area contributed by atoms with Crippen LogP contribution in [0.5, 0.6) is 11.5 Å². The van der Waals surface area contributed by atoms with Crippen molar-refractivity contribution in [2.45, 2.75) is 33.2 Å². The van der Waals surface area contributed by atoms with Gasteiger partial charge in [-0.1, -0.05) is 54.0 Å². The minimum Gasteiger partial charge on any atom is -0.490 e. The first kappa shape index (κ1) is 25.1. The summed E-state index contributed by atoms with van der Waals surface area (Å²) in [5.74, 6) is 1.43. The maximum atomic E-state index is 13.8. The highest BCUT2D eigenvalue weighted by atomic mass is 79.9.